The molecule has 1 aliphatic heterocycles. The fraction of sp³-hybridized carbons (Fsp3) is 0.167. The summed E-state index contributed by atoms with van der Waals surface area (Å²) < 4.78 is 5.15. The Hall–Kier alpha value is -2.95. The standard InChI is InChI=1S/C18H15NO4/c20-16-14-9-4-5-10-15(14)17(21)19(16)11-6-12-23-18(22)13-7-2-1-3-8-13/h1-5,7-10H,6,11-12H2. The van der Waals surface area contributed by atoms with Crippen molar-refractivity contribution in [2.75, 3.05) is 13.2 Å². The molecule has 0 aromatic heterocycles. The third-order valence-electron chi connectivity index (χ3n) is 3.65. The Kier molecular flexibility index (Phi) is 4.19. The normalized spacial score (nSPS) is 13.1. The van der Waals surface area contributed by atoms with E-state index in [-0.39, 0.29) is 25.0 Å². The molecule has 1 heterocycles. The highest BCUT2D eigenvalue weighted by molar-refractivity contribution is 6.21. The highest BCUT2D eigenvalue weighted by atomic mass is 16.5. The van der Waals surface area contributed by atoms with Crippen LogP contribution in [-0.2, 0) is 4.74 Å². The van der Waals surface area contributed by atoms with Gasteiger partial charge in [-0.15, -0.1) is 0 Å². The second kappa shape index (κ2) is 6.44. The lowest BCUT2D eigenvalue weighted by Gasteiger charge is -2.13. The van der Waals surface area contributed by atoms with Crippen molar-refractivity contribution in [2.24, 2.45) is 0 Å². The smallest absolute Gasteiger partial charge is 0.338 e. The highest BCUT2D eigenvalue weighted by Gasteiger charge is 2.34. The first kappa shape index (κ1) is 15.0. The molecule has 23 heavy (non-hydrogen) atoms. The maximum atomic E-state index is 12.2. The van der Waals surface area contributed by atoms with Crippen LogP contribution in [0.2, 0.25) is 0 Å². The van der Waals surface area contributed by atoms with Crippen molar-refractivity contribution >= 4 is 17.8 Å². The molecule has 2 aromatic carbocycles. The van der Waals surface area contributed by atoms with Crippen LogP contribution in [0.25, 0.3) is 0 Å². The summed E-state index contributed by atoms with van der Waals surface area (Å²) in [7, 11) is 0. The van der Waals surface area contributed by atoms with Gasteiger partial charge < -0.3 is 4.74 Å². The van der Waals surface area contributed by atoms with Crippen molar-refractivity contribution in [2.45, 2.75) is 6.42 Å². The van der Waals surface area contributed by atoms with E-state index in [1.54, 1.807) is 48.5 Å². The number of carbonyl (C=O) groups excluding carboxylic acids is 3. The molecule has 5 nitrogen and oxygen atoms in total. The highest BCUT2D eigenvalue weighted by Crippen LogP contribution is 2.22. The van der Waals surface area contributed by atoms with E-state index in [0.29, 0.717) is 23.1 Å². The minimum atomic E-state index is -0.409. The predicted molar refractivity (Wildman–Crippen MR) is 83.2 cm³/mol. The number of imide groups is 1. The maximum Gasteiger partial charge on any atom is 0.338 e. The minimum absolute atomic E-state index is 0.154. The molecule has 0 fully saturated rings. The Morgan fingerprint density at radius 3 is 2.04 bits per heavy atom. The Morgan fingerprint density at radius 2 is 1.43 bits per heavy atom. The predicted octanol–water partition coefficient (Wildman–Crippen LogP) is 2.53. The minimum Gasteiger partial charge on any atom is -0.462 e. The molecule has 5 heteroatoms. The molecule has 0 spiro atoms. The average Bonchev–Trinajstić information content (AvgIpc) is 2.84. The van der Waals surface area contributed by atoms with Crippen LogP contribution < -0.4 is 0 Å². The van der Waals surface area contributed by atoms with Gasteiger partial charge in [-0.2, -0.15) is 0 Å². The third-order valence-corrected chi connectivity index (χ3v) is 3.65. The van der Waals surface area contributed by atoms with E-state index in [2.05, 4.69) is 0 Å². The number of hydrogen-bond acceptors (Lipinski definition) is 4. The quantitative estimate of drug-likeness (QED) is 0.484. The van der Waals surface area contributed by atoms with Gasteiger partial charge in [-0.05, 0) is 30.7 Å². The molecule has 2 aromatic rings. The van der Waals surface area contributed by atoms with Crippen molar-refractivity contribution in [3.63, 3.8) is 0 Å². The molecule has 0 radical (unpaired) electrons. The Labute approximate surface area is 133 Å². The molecule has 0 aliphatic carbocycles. The lowest BCUT2D eigenvalue weighted by molar-refractivity contribution is 0.0482. The second-order valence-electron chi connectivity index (χ2n) is 5.16. The van der Waals surface area contributed by atoms with Gasteiger partial charge in [-0.1, -0.05) is 30.3 Å². The van der Waals surface area contributed by atoms with Crippen LogP contribution >= 0.6 is 0 Å². The molecular formula is C18H15NO4. The van der Waals surface area contributed by atoms with Crippen molar-refractivity contribution in [1.82, 2.24) is 4.90 Å². The molecule has 3 rings (SSSR count). The van der Waals surface area contributed by atoms with Crippen LogP contribution in [0.4, 0.5) is 0 Å². The number of rotatable bonds is 5. The number of nitrogens with zero attached hydrogens (tertiary/aromatic N) is 1. The molecule has 0 N–H and O–H groups in total. The number of benzene rings is 2. The molecule has 0 atom stereocenters. The fourth-order valence-corrected chi connectivity index (χ4v) is 2.49. The molecule has 1 aliphatic rings. The second-order valence-corrected chi connectivity index (χ2v) is 5.16. The molecule has 0 unspecified atom stereocenters. The van der Waals surface area contributed by atoms with Gasteiger partial charge in [-0.25, -0.2) is 4.79 Å². The summed E-state index contributed by atoms with van der Waals surface area (Å²) in [5.41, 5.74) is 1.34. The van der Waals surface area contributed by atoms with Crippen LogP contribution in [0.15, 0.2) is 54.6 Å². The number of esters is 1. The number of fused-ring (bicyclic) bond motifs is 1. The first-order chi connectivity index (χ1) is 11.2. The Balaban J connectivity index is 1.52. The fourth-order valence-electron chi connectivity index (χ4n) is 2.49. The summed E-state index contributed by atoms with van der Waals surface area (Å²) in [5.74, 6) is -0.993. The summed E-state index contributed by atoms with van der Waals surface area (Å²) in [6.45, 7) is 0.384. The monoisotopic (exact) mass is 309 g/mol. The Bertz CT molecular complexity index is 720. The van der Waals surface area contributed by atoms with Crippen molar-refractivity contribution < 1.29 is 19.1 Å². The molecule has 116 valence electrons. The largest absolute Gasteiger partial charge is 0.462 e. The number of hydrogen-bond donors (Lipinski definition) is 0. The molecule has 0 bridgehead atoms. The molecule has 2 amide bonds. The first-order valence-electron chi connectivity index (χ1n) is 7.36. The molecular weight excluding hydrogens is 294 g/mol. The van der Waals surface area contributed by atoms with Gasteiger partial charge in [0, 0.05) is 6.54 Å². The van der Waals surface area contributed by atoms with Gasteiger partial charge in [0.1, 0.15) is 0 Å². The molecule has 0 saturated heterocycles. The summed E-state index contributed by atoms with van der Waals surface area (Å²) in [6, 6.07) is 15.4. The topological polar surface area (TPSA) is 63.7 Å². The van der Waals surface area contributed by atoms with Crippen molar-refractivity contribution in [3.8, 4) is 0 Å². The van der Waals surface area contributed by atoms with Gasteiger partial charge in [-0.3, -0.25) is 14.5 Å². The first-order valence-corrected chi connectivity index (χ1v) is 7.36. The van der Waals surface area contributed by atoms with Gasteiger partial charge >= 0.3 is 5.97 Å². The zero-order chi connectivity index (χ0) is 16.2. The van der Waals surface area contributed by atoms with E-state index in [1.165, 1.54) is 4.90 Å². The zero-order valence-electron chi connectivity index (χ0n) is 12.4. The van der Waals surface area contributed by atoms with E-state index >= 15 is 0 Å². The number of ether oxygens (including phenoxy) is 1. The van der Waals surface area contributed by atoms with Crippen molar-refractivity contribution in [3.05, 3.63) is 71.3 Å². The lowest BCUT2D eigenvalue weighted by atomic mass is 10.1. The van der Waals surface area contributed by atoms with Gasteiger partial charge in [0.15, 0.2) is 0 Å². The van der Waals surface area contributed by atoms with Crippen LogP contribution in [0, 0.1) is 0 Å². The summed E-state index contributed by atoms with van der Waals surface area (Å²) >= 11 is 0. The number of amides is 2. The van der Waals surface area contributed by atoms with Gasteiger partial charge in [0.2, 0.25) is 0 Å². The Morgan fingerprint density at radius 1 is 0.870 bits per heavy atom. The van der Waals surface area contributed by atoms with Gasteiger partial charge in [0.05, 0.1) is 23.3 Å². The summed E-state index contributed by atoms with van der Waals surface area (Å²) in [4.78, 5) is 37.3. The van der Waals surface area contributed by atoms with E-state index in [0.717, 1.165) is 0 Å². The SMILES string of the molecule is O=C(OCCCN1C(=O)c2ccccc2C1=O)c1ccccc1. The van der Waals surface area contributed by atoms with E-state index in [9.17, 15) is 14.4 Å². The van der Waals surface area contributed by atoms with E-state index in [4.69, 9.17) is 4.74 Å². The van der Waals surface area contributed by atoms with Crippen LogP contribution in [-0.4, -0.2) is 35.8 Å². The van der Waals surface area contributed by atoms with E-state index in [1.807, 2.05) is 6.07 Å². The number of carbonyl (C=O) groups is 3. The van der Waals surface area contributed by atoms with Gasteiger partial charge in [0.25, 0.3) is 11.8 Å². The zero-order valence-corrected chi connectivity index (χ0v) is 12.4. The van der Waals surface area contributed by atoms with E-state index < -0.39 is 5.97 Å². The van der Waals surface area contributed by atoms with Crippen LogP contribution in [0.5, 0.6) is 0 Å². The maximum absolute atomic E-state index is 12.2. The lowest BCUT2D eigenvalue weighted by Crippen LogP contribution is -2.31. The average molecular weight is 309 g/mol. The van der Waals surface area contributed by atoms with Crippen LogP contribution in [0.3, 0.4) is 0 Å². The summed E-state index contributed by atoms with van der Waals surface area (Å²) in [5, 5.41) is 0. The molecule has 0 saturated carbocycles. The van der Waals surface area contributed by atoms with Crippen LogP contribution in [0.1, 0.15) is 37.5 Å². The third kappa shape index (κ3) is 2.99. The van der Waals surface area contributed by atoms with Crippen molar-refractivity contribution in [1.29, 1.82) is 0 Å². The summed E-state index contributed by atoms with van der Waals surface area (Å²) in [6.07, 6.45) is 0.407.